The fraction of sp³-hybridized carbons (Fsp3) is 0. The summed E-state index contributed by atoms with van der Waals surface area (Å²) in [5, 5.41) is 7.32. The van der Waals surface area contributed by atoms with Crippen molar-refractivity contribution in [3.8, 4) is 56.5 Å². The van der Waals surface area contributed by atoms with Crippen LogP contribution in [0.5, 0.6) is 0 Å². The second-order valence-electron chi connectivity index (χ2n) is 14.6. The van der Waals surface area contributed by atoms with Crippen molar-refractivity contribution < 1.29 is 8.83 Å². The van der Waals surface area contributed by atoms with Gasteiger partial charge in [-0.3, -0.25) is 0 Å². The molecule has 0 radical (unpaired) electrons. The Kier molecular flexibility index (Phi) is 7.13. The van der Waals surface area contributed by atoms with Gasteiger partial charge in [0.25, 0.3) is 0 Å². The predicted molar refractivity (Wildman–Crippen MR) is 234 cm³/mol. The van der Waals surface area contributed by atoms with Crippen LogP contribution in [0.1, 0.15) is 0 Å². The first-order valence-corrected chi connectivity index (χ1v) is 19.3. The highest BCUT2D eigenvalue weighted by atomic mass is 16.3. The molecule has 0 amide bonds. The van der Waals surface area contributed by atoms with Crippen LogP contribution < -0.4 is 0 Å². The Bertz CT molecular complexity index is 3570. The van der Waals surface area contributed by atoms with Gasteiger partial charge in [0.15, 0.2) is 17.5 Å². The number of nitrogens with zero attached hydrogens (tertiary/aromatic N) is 4. The minimum Gasteiger partial charge on any atom is -0.456 e. The molecule has 0 fully saturated rings. The summed E-state index contributed by atoms with van der Waals surface area (Å²) >= 11 is 0. The van der Waals surface area contributed by atoms with Crippen LogP contribution in [0.3, 0.4) is 0 Å². The van der Waals surface area contributed by atoms with Gasteiger partial charge in [-0.15, -0.1) is 0 Å². The molecule has 8 aromatic carbocycles. The highest BCUT2D eigenvalue weighted by Gasteiger charge is 2.20. The zero-order chi connectivity index (χ0) is 38.2. The standard InChI is InChI=1S/C52H30N4O2/c1-3-13-31(14-4-1)48-39-27-26-36-41-30-34(25-28-44(41)58-49(36)47(39)37-19-7-9-22-42(37)53-48)33-17-11-18-35(29-33)51-54-50(32-15-5-2-6-16-32)55-52(56-51)40-21-12-24-45-46(40)38-20-8-10-23-43(38)57-45/h1-30H. The van der Waals surface area contributed by atoms with Crippen LogP contribution in [0.25, 0.3) is 122 Å². The lowest BCUT2D eigenvalue weighted by atomic mass is 9.97. The Morgan fingerprint density at radius 1 is 0.310 bits per heavy atom. The van der Waals surface area contributed by atoms with Crippen molar-refractivity contribution in [2.75, 3.05) is 0 Å². The largest absolute Gasteiger partial charge is 0.456 e. The third-order valence-corrected chi connectivity index (χ3v) is 11.1. The first-order valence-electron chi connectivity index (χ1n) is 19.3. The van der Waals surface area contributed by atoms with E-state index in [1.165, 1.54) is 0 Å². The molecule has 4 heterocycles. The molecule has 0 saturated carbocycles. The van der Waals surface area contributed by atoms with Crippen LogP contribution in [0.15, 0.2) is 191 Å². The van der Waals surface area contributed by atoms with Crippen LogP contribution in [0, 0.1) is 0 Å². The van der Waals surface area contributed by atoms with E-state index in [4.69, 9.17) is 28.8 Å². The number of aromatic nitrogens is 4. The van der Waals surface area contributed by atoms with Crippen molar-refractivity contribution >= 4 is 65.6 Å². The number of rotatable bonds is 5. The molecule has 12 aromatic rings. The molecule has 0 aliphatic carbocycles. The SMILES string of the molecule is c1ccc(-c2nc(-c3cccc(-c4ccc5oc6c(ccc7c(-c8ccccc8)nc8ccccc8c76)c5c4)c3)nc(-c3cccc4oc5ccccc5c34)n2)cc1. The van der Waals surface area contributed by atoms with Crippen LogP contribution >= 0.6 is 0 Å². The van der Waals surface area contributed by atoms with Gasteiger partial charge in [-0.2, -0.15) is 0 Å². The zero-order valence-corrected chi connectivity index (χ0v) is 30.9. The molecule has 0 N–H and O–H groups in total. The van der Waals surface area contributed by atoms with E-state index in [0.29, 0.717) is 17.5 Å². The van der Waals surface area contributed by atoms with E-state index in [2.05, 4.69) is 109 Å². The summed E-state index contributed by atoms with van der Waals surface area (Å²) in [5.74, 6) is 1.78. The van der Waals surface area contributed by atoms with E-state index >= 15 is 0 Å². The van der Waals surface area contributed by atoms with Crippen LogP contribution in [0.2, 0.25) is 0 Å². The molecule has 0 bridgehead atoms. The van der Waals surface area contributed by atoms with Gasteiger partial charge in [0.05, 0.1) is 11.2 Å². The lowest BCUT2D eigenvalue weighted by Gasteiger charge is -2.10. The Labute approximate surface area is 331 Å². The summed E-state index contributed by atoms with van der Waals surface area (Å²) in [6.07, 6.45) is 0. The van der Waals surface area contributed by atoms with Gasteiger partial charge in [-0.1, -0.05) is 140 Å². The first-order chi connectivity index (χ1) is 28.7. The highest BCUT2D eigenvalue weighted by Crippen LogP contribution is 2.42. The van der Waals surface area contributed by atoms with Crippen molar-refractivity contribution in [3.05, 3.63) is 182 Å². The monoisotopic (exact) mass is 742 g/mol. The van der Waals surface area contributed by atoms with Crippen LogP contribution in [-0.4, -0.2) is 19.9 Å². The quantitative estimate of drug-likeness (QED) is 0.163. The number of pyridine rings is 1. The third kappa shape index (κ3) is 5.12. The summed E-state index contributed by atoms with van der Waals surface area (Å²) in [6.45, 7) is 0. The van der Waals surface area contributed by atoms with E-state index in [9.17, 15) is 0 Å². The first kappa shape index (κ1) is 32.3. The average Bonchev–Trinajstić information content (AvgIpc) is 3.87. The summed E-state index contributed by atoms with van der Waals surface area (Å²) in [6, 6.07) is 62.1. The minimum absolute atomic E-state index is 0.586. The van der Waals surface area contributed by atoms with E-state index in [1.54, 1.807) is 0 Å². The lowest BCUT2D eigenvalue weighted by molar-refractivity contribution is 0.669. The molecule has 0 atom stereocenters. The maximum Gasteiger partial charge on any atom is 0.164 e. The second kappa shape index (κ2) is 12.8. The van der Waals surface area contributed by atoms with Crippen molar-refractivity contribution in [1.29, 1.82) is 0 Å². The number of benzene rings is 8. The molecular weight excluding hydrogens is 713 g/mol. The molecule has 6 nitrogen and oxygen atoms in total. The van der Waals surface area contributed by atoms with Gasteiger partial charge in [0.2, 0.25) is 0 Å². The maximum absolute atomic E-state index is 6.75. The normalized spacial score (nSPS) is 11.8. The molecule has 6 heteroatoms. The number of para-hydroxylation sites is 2. The number of furan rings is 2. The van der Waals surface area contributed by atoms with E-state index < -0.39 is 0 Å². The summed E-state index contributed by atoms with van der Waals surface area (Å²) in [7, 11) is 0. The molecule has 58 heavy (non-hydrogen) atoms. The van der Waals surface area contributed by atoms with Crippen molar-refractivity contribution in [2.45, 2.75) is 0 Å². The van der Waals surface area contributed by atoms with E-state index in [-0.39, 0.29) is 0 Å². The maximum atomic E-state index is 6.75. The predicted octanol–water partition coefficient (Wildman–Crippen LogP) is 13.7. The molecule has 270 valence electrons. The molecule has 0 unspecified atom stereocenters. The average molecular weight is 743 g/mol. The Morgan fingerprint density at radius 3 is 1.79 bits per heavy atom. The third-order valence-electron chi connectivity index (χ3n) is 11.1. The molecule has 0 aliphatic heterocycles. The van der Waals surface area contributed by atoms with Crippen molar-refractivity contribution in [2.24, 2.45) is 0 Å². The molecule has 12 rings (SSSR count). The van der Waals surface area contributed by atoms with E-state index in [0.717, 1.165) is 105 Å². The molecule has 0 spiro atoms. The van der Waals surface area contributed by atoms with Gasteiger partial charge in [0, 0.05) is 60.0 Å². The lowest BCUT2D eigenvalue weighted by Crippen LogP contribution is -2.00. The van der Waals surface area contributed by atoms with Gasteiger partial charge in [-0.25, -0.2) is 19.9 Å². The highest BCUT2D eigenvalue weighted by molar-refractivity contribution is 6.25. The number of hydrogen-bond acceptors (Lipinski definition) is 6. The summed E-state index contributed by atoms with van der Waals surface area (Å²) < 4.78 is 13.0. The number of hydrogen-bond donors (Lipinski definition) is 0. The fourth-order valence-electron chi connectivity index (χ4n) is 8.40. The summed E-state index contributed by atoms with van der Waals surface area (Å²) in [4.78, 5) is 20.4. The van der Waals surface area contributed by atoms with E-state index in [1.807, 2.05) is 72.8 Å². The fourth-order valence-corrected chi connectivity index (χ4v) is 8.40. The minimum atomic E-state index is 0.586. The zero-order valence-electron chi connectivity index (χ0n) is 30.9. The summed E-state index contributed by atoms with van der Waals surface area (Å²) in [5.41, 5.74) is 11.1. The van der Waals surface area contributed by atoms with Gasteiger partial charge < -0.3 is 8.83 Å². The van der Waals surface area contributed by atoms with Gasteiger partial charge >= 0.3 is 0 Å². The van der Waals surface area contributed by atoms with Crippen LogP contribution in [0.4, 0.5) is 0 Å². The molecule has 0 saturated heterocycles. The second-order valence-corrected chi connectivity index (χ2v) is 14.6. The van der Waals surface area contributed by atoms with Gasteiger partial charge in [0.1, 0.15) is 22.3 Å². The topological polar surface area (TPSA) is 77.8 Å². The molecule has 4 aromatic heterocycles. The van der Waals surface area contributed by atoms with Crippen molar-refractivity contribution in [1.82, 2.24) is 19.9 Å². The number of fused-ring (bicyclic) bond motifs is 10. The van der Waals surface area contributed by atoms with Crippen LogP contribution in [-0.2, 0) is 0 Å². The molecular formula is C52H30N4O2. The molecule has 0 aliphatic rings. The Balaban J connectivity index is 1.02. The van der Waals surface area contributed by atoms with Gasteiger partial charge in [-0.05, 0) is 53.6 Å². The Morgan fingerprint density at radius 2 is 0.931 bits per heavy atom. The Hall–Kier alpha value is -7.96. The smallest absolute Gasteiger partial charge is 0.164 e. The van der Waals surface area contributed by atoms with Crippen molar-refractivity contribution in [3.63, 3.8) is 0 Å².